The molecular formula is C20H19N5O3. The molecule has 0 N–H and O–H groups in total. The lowest BCUT2D eigenvalue weighted by Crippen LogP contribution is -2.33. The van der Waals surface area contributed by atoms with Crippen LogP contribution in [0.3, 0.4) is 0 Å². The van der Waals surface area contributed by atoms with E-state index in [-0.39, 0.29) is 28.9 Å². The number of fused-ring (bicyclic) bond motifs is 1. The first kappa shape index (κ1) is 17.8. The summed E-state index contributed by atoms with van der Waals surface area (Å²) in [5, 5.41) is 15.5. The highest BCUT2D eigenvalue weighted by Crippen LogP contribution is 2.34. The smallest absolute Gasteiger partial charge is 0.295 e. The number of benzene rings is 2. The van der Waals surface area contributed by atoms with Gasteiger partial charge < -0.3 is 4.90 Å². The van der Waals surface area contributed by atoms with Gasteiger partial charge in [0.25, 0.3) is 11.6 Å². The zero-order valence-corrected chi connectivity index (χ0v) is 15.4. The van der Waals surface area contributed by atoms with Crippen molar-refractivity contribution in [2.24, 2.45) is 0 Å². The first-order chi connectivity index (χ1) is 13.6. The number of hydrogen-bond donors (Lipinski definition) is 0. The number of nitro benzene ring substituents is 1. The average Bonchev–Trinajstić information content (AvgIpc) is 3.26. The second-order valence-electron chi connectivity index (χ2n) is 6.82. The van der Waals surface area contributed by atoms with Crippen LogP contribution in [0.4, 0.5) is 5.69 Å². The van der Waals surface area contributed by atoms with Crippen LogP contribution in [-0.2, 0) is 6.42 Å². The van der Waals surface area contributed by atoms with Crippen molar-refractivity contribution in [2.75, 3.05) is 7.05 Å². The van der Waals surface area contributed by atoms with Crippen molar-refractivity contribution >= 4 is 11.6 Å². The molecule has 0 bridgehead atoms. The number of hydrogen-bond acceptors (Lipinski definition) is 5. The second-order valence-corrected chi connectivity index (χ2v) is 6.82. The molecule has 4 rings (SSSR count). The predicted molar refractivity (Wildman–Crippen MR) is 102 cm³/mol. The molecular weight excluding hydrogens is 358 g/mol. The quantitative estimate of drug-likeness (QED) is 0.513. The summed E-state index contributed by atoms with van der Waals surface area (Å²) in [4.78, 5) is 29.6. The summed E-state index contributed by atoms with van der Waals surface area (Å²) < 4.78 is 1.31. The number of nitrogens with zero attached hydrogens (tertiary/aromatic N) is 5. The van der Waals surface area contributed by atoms with Crippen molar-refractivity contribution in [1.29, 1.82) is 0 Å². The zero-order chi connectivity index (χ0) is 19.7. The van der Waals surface area contributed by atoms with Crippen molar-refractivity contribution in [3.05, 3.63) is 81.9 Å². The number of carbonyl (C=O) groups is 1. The molecule has 1 unspecified atom stereocenters. The van der Waals surface area contributed by atoms with E-state index in [9.17, 15) is 14.9 Å². The molecule has 0 saturated carbocycles. The highest BCUT2D eigenvalue weighted by atomic mass is 16.6. The summed E-state index contributed by atoms with van der Waals surface area (Å²) in [6.07, 6.45) is 5.57. The molecule has 0 radical (unpaired) electrons. The van der Waals surface area contributed by atoms with E-state index in [1.165, 1.54) is 35.0 Å². The molecule has 142 valence electrons. The Balaban J connectivity index is 1.67. The van der Waals surface area contributed by atoms with Crippen molar-refractivity contribution in [2.45, 2.75) is 25.3 Å². The SMILES string of the molecule is CN(C(=O)c1ccc(-n2cncn2)c([N+](=O)[O-])c1)C1CCCc2ccccc21. The zero-order valence-electron chi connectivity index (χ0n) is 15.4. The Labute approximate surface area is 161 Å². The maximum absolute atomic E-state index is 13.1. The van der Waals surface area contributed by atoms with E-state index in [2.05, 4.69) is 22.2 Å². The van der Waals surface area contributed by atoms with Crippen molar-refractivity contribution in [1.82, 2.24) is 19.7 Å². The van der Waals surface area contributed by atoms with Crippen molar-refractivity contribution in [3.8, 4) is 5.69 Å². The monoisotopic (exact) mass is 377 g/mol. The fourth-order valence-corrected chi connectivity index (χ4v) is 3.80. The summed E-state index contributed by atoms with van der Waals surface area (Å²) in [6, 6.07) is 12.5. The van der Waals surface area contributed by atoms with Crippen LogP contribution in [0.1, 0.15) is 40.4 Å². The Morgan fingerprint density at radius 1 is 1.29 bits per heavy atom. The number of amides is 1. The normalized spacial score (nSPS) is 15.7. The Morgan fingerprint density at radius 2 is 2.11 bits per heavy atom. The summed E-state index contributed by atoms with van der Waals surface area (Å²) in [5.41, 5.74) is 2.77. The minimum Gasteiger partial charge on any atom is -0.335 e. The Kier molecular flexibility index (Phi) is 4.60. The first-order valence-electron chi connectivity index (χ1n) is 9.04. The molecule has 1 heterocycles. The van der Waals surface area contributed by atoms with E-state index in [1.807, 2.05) is 12.1 Å². The van der Waals surface area contributed by atoms with Crippen LogP contribution in [0.25, 0.3) is 5.69 Å². The predicted octanol–water partition coefficient (Wildman–Crippen LogP) is 3.33. The molecule has 1 aliphatic carbocycles. The molecule has 8 nitrogen and oxygen atoms in total. The van der Waals surface area contributed by atoms with E-state index in [4.69, 9.17) is 0 Å². The van der Waals surface area contributed by atoms with Gasteiger partial charge in [-0.05, 0) is 42.5 Å². The van der Waals surface area contributed by atoms with Crippen LogP contribution in [0, 0.1) is 10.1 Å². The molecule has 28 heavy (non-hydrogen) atoms. The molecule has 8 heteroatoms. The lowest BCUT2D eigenvalue weighted by Gasteiger charge is -2.33. The molecule has 1 aliphatic rings. The number of aryl methyl sites for hydroxylation is 1. The van der Waals surface area contributed by atoms with E-state index in [0.29, 0.717) is 0 Å². The Morgan fingerprint density at radius 3 is 2.86 bits per heavy atom. The van der Waals surface area contributed by atoms with Crippen LogP contribution in [0.5, 0.6) is 0 Å². The first-order valence-corrected chi connectivity index (χ1v) is 9.04. The topological polar surface area (TPSA) is 94.2 Å². The standard InChI is InChI=1S/C20H19N5O3/c1-23(17-8-4-6-14-5-2-3-7-16(14)17)20(26)15-9-10-18(19(11-15)25(27)28)24-13-21-12-22-24/h2-3,5,7,9-13,17H,4,6,8H2,1H3. The molecule has 0 fully saturated rings. The van der Waals surface area contributed by atoms with E-state index < -0.39 is 4.92 Å². The van der Waals surface area contributed by atoms with E-state index in [1.54, 1.807) is 18.0 Å². The summed E-state index contributed by atoms with van der Waals surface area (Å²) >= 11 is 0. The van der Waals surface area contributed by atoms with Gasteiger partial charge in [0.15, 0.2) is 0 Å². The third kappa shape index (κ3) is 3.13. The Bertz CT molecular complexity index is 1030. The van der Waals surface area contributed by atoms with Crippen LogP contribution < -0.4 is 0 Å². The fourth-order valence-electron chi connectivity index (χ4n) is 3.80. The molecule has 0 saturated heterocycles. The molecule has 1 aromatic heterocycles. The van der Waals surface area contributed by atoms with E-state index in [0.717, 1.165) is 24.8 Å². The molecule has 1 atom stereocenters. The molecule has 2 aromatic carbocycles. The minimum absolute atomic E-state index is 0.0356. The number of aromatic nitrogens is 3. The van der Waals surface area contributed by atoms with Gasteiger partial charge in [0.2, 0.25) is 0 Å². The molecule has 0 spiro atoms. The fraction of sp³-hybridized carbons (Fsp3) is 0.250. The second kappa shape index (κ2) is 7.22. The average molecular weight is 377 g/mol. The molecule has 1 amide bonds. The van der Waals surface area contributed by atoms with Gasteiger partial charge in [-0.1, -0.05) is 24.3 Å². The van der Waals surface area contributed by atoms with Crippen molar-refractivity contribution < 1.29 is 9.72 Å². The number of carbonyl (C=O) groups excluding carboxylic acids is 1. The van der Waals surface area contributed by atoms with Gasteiger partial charge >= 0.3 is 0 Å². The van der Waals surface area contributed by atoms with Gasteiger partial charge in [-0.15, -0.1) is 0 Å². The summed E-state index contributed by atoms with van der Waals surface area (Å²) in [6.45, 7) is 0. The van der Waals surface area contributed by atoms with Gasteiger partial charge in [-0.2, -0.15) is 5.10 Å². The molecule has 0 aliphatic heterocycles. The minimum atomic E-state index is -0.510. The van der Waals surface area contributed by atoms with Gasteiger partial charge in [-0.3, -0.25) is 14.9 Å². The van der Waals surface area contributed by atoms with Gasteiger partial charge in [0.1, 0.15) is 18.3 Å². The summed E-state index contributed by atoms with van der Waals surface area (Å²) in [7, 11) is 1.76. The molecule has 3 aromatic rings. The Hall–Kier alpha value is -3.55. The third-order valence-corrected chi connectivity index (χ3v) is 5.21. The maximum atomic E-state index is 13.1. The van der Waals surface area contributed by atoms with Gasteiger partial charge in [0.05, 0.1) is 11.0 Å². The summed E-state index contributed by atoms with van der Waals surface area (Å²) in [5.74, 6) is -0.241. The lowest BCUT2D eigenvalue weighted by molar-refractivity contribution is -0.384. The highest BCUT2D eigenvalue weighted by Gasteiger charge is 2.28. The van der Waals surface area contributed by atoms with Crippen LogP contribution in [0.2, 0.25) is 0 Å². The largest absolute Gasteiger partial charge is 0.335 e. The maximum Gasteiger partial charge on any atom is 0.295 e. The van der Waals surface area contributed by atoms with Crippen LogP contribution in [-0.4, -0.2) is 37.5 Å². The van der Waals surface area contributed by atoms with Crippen molar-refractivity contribution in [3.63, 3.8) is 0 Å². The number of rotatable bonds is 4. The van der Waals surface area contributed by atoms with Gasteiger partial charge in [0, 0.05) is 18.7 Å². The lowest BCUT2D eigenvalue weighted by atomic mass is 9.87. The number of nitro groups is 1. The highest BCUT2D eigenvalue weighted by molar-refractivity contribution is 5.95. The van der Waals surface area contributed by atoms with Crippen LogP contribution in [0.15, 0.2) is 55.1 Å². The van der Waals surface area contributed by atoms with E-state index >= 15 is 0 Å². The van der Waals surface area contributed by atoms with Crippen LogP contribution >= 0.6 is 0 Å². The van der Waals surface area contributed by atoms with Gasteiger partial charge in [-0.25, -0.2) is 9.67 Å². The third-order valence-electron chi connectivity index (χ3n) is 5.21.